The van der Waals surface area contributed by atoms with Crippen LogP contribution in [-0.2, 0) is 27.2 Å². The zero-order chi connectivity index (χ0) is 24.1. The number of halogens is 2. The molecule has 0 aliphatic carbocycles. The van der Waals surface area contributed by atoms with Crippen LogP contribution in [0.15, 0.2) is 72.9 Å². The number of methoxy groups -OCH3 is 1. The van der Waals surface area contributed by atoms with Gasteiger partial charge in [0.15, 0.2) is 0 Å². The zero-order valence-corrected chi connectivity index (χ0v) is 19.9. The molecular weight excluding hydrogens is 473 g/mol. The summed E-state index contributed by atoms with van der Waals surface area (Å²) in [6.07, 6.45) is 2.20. The van der Waals surface area contributed by atoms with E-state index >= 15 is 0 Å². The molecule has 1 amide bonds. The second-order valence-corrected chi connectivity index (χ2v) is 8.58. The van der Waals surface area contributed by atoms with Crippen molar-refractivity contribution in [3.05, 3.63) is 94.1 Å². The minimum absolute atomic E-state index is 0.0482. The van der Waals surface area contributed by atoms with Crippen molar-refractivity contribution >= 4 is 57.4 Å². The number of amides is 1. The number of anilines is 2. The van der Waals surface area contributed by atoms with E-state index < -0.39 is 12.0 Å². The van der Waals surface area contributed by atoms with Crippen LogP contribution in [0.4, 0.5) is 11.4 Å². The van der Waals surface area contributed by atoms with Crippen LogP contribution >= 0.6 is 23.2 Å². The van der Waals surface area contributed by atoms with Crippen LogP contribution in [0, 0.1) is 0 Å². The summed E-state index contributed by atoms with van der Waals surface area (Å²) in [5, 5.41) is 7.98. The van der Waals surface area contributed by atoms with Gasteiger partial charge in [-0.2, -0.15) is 0 Å². The molecule has 1 heterocycles. The molecule has 0 bridgehead atoms. The summed E-state index contributed by atoms with van der Waals surface area (Å²) in [7, 11) is 1.31. The monoisotopic (exact) mass is 495 g/mol. The van der Waals surface area contributed by atoms with Crippen LogP contribution in [0.25, 0.3) is 10.9 Å². The summed E-state index contributed by atoms with van der Waals surface area (Å²) < 4.78 is 4.95. The first kappa shape index (κ1) is 23.7. The number of esters is 1. The van der Waals surface area contributed by atoms with Gasteiger partial charge in [0.05, 0.1) is 29.3 Å². The first-order chi connectivity index (χ1) is 16.5. The van der Waals surface area contributed by atoms with Crippen LogP contribution in [0.1, 0.15) is 11.1 Å². The van der Waals surface area contributed by atoms with Crippen molar-refractivity contribution < 1.29 is 14.3 Å². The Morgan fingerprint density at radius 2 is 1.65 bits per heavy atom. The number of para-hydroxylation sites is 3. The lowest BCUT2D eigenvalue weighted by Gasteiger charge is -2.18. The van der Waals surface area contributed by atoms with E-state index in [1.54, 1.807) is 18.2 Å². The number of ether oxygens (including phenoxy) is 1. The Balaban J connectivity index is 1.51. The Morgan fingerprint density at radius 3 is 2.41 bits per heavy atom. The lowest BCUT2D eigenvalue weighted by atomic mass is 10.0. The number of carbonyl (C=O) groups is 2. The van der Waals surface area contributed by atoms with Crippen molar-refractivity contribution in [1.29, 1.82) is 0 Å². The van der Waals surface area contributed by atoms with Crippen molar-refractivity contribution in [2.75, 3.05) is 12.4 Å². The van der Waals surface area contributed by atoms with Crippen LogP contribution in [-0.4, -0.2) is 30.0 Å². The lowest BCUT2D eigenvalue weighted by Crippen LogP contribution is -2.43. The lowest BCUT2D eigenvalue weighted by molar-refractivity contribution is -0.145. The van der Waals surface area contributed by atoms with Crippen LogP contribution in [0.5, 0.6) is 0 Å². The first-order valence-corrected chi connectivity index (χ1v) is 11.4. The molecule has 0 fully saturated rings. The van der Waals surface area contributed by atoms with Gasteiger partial charge in [-0.15, -0.1) is 0 Å². The molecule has 0 spiro atoms. The minimum Gasteiger partial charge on any atom is -0.467 e. The smallest absolute Gasteiger partial charge is 0.328 e. The highest BCUT2D eigenvalue weighted by atomic mass is 35.5. The average molecular weight is 496 g/mol. The zero-order valence-electron chi connectivity index (χ0n) is 18.4. The maximum atomic E-state index is 13.0. The maximum Gasteiger partial charge on any atom is 0.328 e. The van der Waals surface area contributed by atoms with Gasteiger partial charge in [0.1, 0.15) is 6.04 Å². The third-order valence-electron chi connectivity index (χ3n) is 5.51. The van der Waals surface area contributed by atoms with Gasteiger partial charge in [-0.25, -0.2) is 4.79 Å². The van der Waals surface area contributed by atoms with E-state index in [1.807, 2.05) is 54.7 Å². The van der Waals surface area contributed by atoms with Gasteiger partial charge in [0, 0.05) is 29.2 Å². The summed E-state index contributed by atoms with van der Waals surface area (Å²) >= 11 is 12.6. The Labute approximate surface area is 207 Å². The quantitative estimate of drug-likeness (QED) is 0.275. The number of aromatic nitrogens is 1. The summed E-state index contributed by atoms with van der Waals surface area (Å²) in [5.74, 6) is -0.817. The topological polar surface area (TPSA) is 83.2 Å². The van der Waals surface area contributed by atoms with Gasteiger partial charge >= 0.3 is 5.97 Å². The molecule has 1 aromatic heterocycles. The molecule has 1 atom stereocenters. The van der Waals surface area contributed by atoms with Crippen molar-refractivity contribution in [2.24, 2.45) is 0 Å². The van der Waals surface area contributed by atoms with E-state index in [-0.39, 0.29) is 12.3 Å². The predicted molar refractivity (Wildman–Crippen MR) is 136 cm³/mol. The Bertz CT molecular complexity index is 1320. The molecule has 3 N–H and O–H groups in total. The molecule has 174 valence electrons. The predicted octanol–water partition coefficient (Wildman–Crippen LogP) is 5.66. The second-order valence-electron chi connectivity index (χ2n) is 7.76. The van der Waals surface area contributed by atoms with Gasteiger partial charge in [0.2, 0.25) is 5.91 Å². The second kappa shape index (κ2) is 10.6. The van der Waals surface area contributed by atoms with E-state index in [9.17, 15) is 9.59 Å². The fourth-order valence-corrected chi connectivity index (χ4v) is 4.31. The molecule has 0 saturated heterocycles. The molecule has 8 heteroatoms. The van der Waals surface area contributed by atoms with E-state index in [0.29, 0.717) is 27.8 Å². The highest BCUT2D eigenvalue weighted by molar-refractivity contribution is 6.39. The molecule has 0 unspecified atom stereocenters. The fourth-order valence-electron chi connectivity index (χ4n) is 3.82. The van der Waals surface area contributed by atoms with E-state index in [1.165, 1.54) is 7.11 Å². The normalized spacial score (nSPS) is 11.7. The first-order valence-electron chi connectivity index (χ1n) is 10.7. The molecular formula is C26H23Cl2N3O3. The Kier molecular flexibility index (Phi) is 7.40. The summed E-state index contributed by atoms with van der Waals surface area (Å²) in [5.41, 5.74) is 3.86. The molecule has 0 radical (unpaired) electrons. The number of benzene rings is 3. The van der Waals surface area contributed by atoms with Gasteiger partial charge in [-0.05, 0) is 35.4 Å². The van der Waals surface area contributed by atoms with Crippen molar-refractivity contribution in [3.8, 4) is 0 Å². The van der Waals surface area contributed by atoms with E-state index in [0.717, 1.165) is 22.0 Å². The van der Waals surface area contributed by atoms with Crippen molar-refractivity contribution in [2.45, 2.75) is 18.9 Å². The fraction of sp³-hybridized carbons (Fsp3) is 0.154. The number of hydrogen-bond donors (Lipinski definition) is 3. The summed E-state index contributed by atoms with van der Waals surface area (Å²) in [4.78, 5) is 28.6. The molecule has 0 aliphatic rings. The number of aromatic amines is 1. The largest absolute Gasteiger partial charge is 0.467 e. The minimum atomic E-state index is -0.824. The van der Waals surface area contributed by atoms with Gasteiger partial charge < -0.3 is 20.4 Å². The molecule has 0 saturated carbocycles. The van der Waals surface area contributed by atoms with Crippen LogP contribution in [0.2, 0.25) is 10.0 Å². The molecule has 3 aromatic carbocycles. The highest BCUT2D eigenvalue weighted by Gasteiger charge is 2.24. The van der Waals surface area contributed by atoms with Gasteiger partial charge in [0.25, 0.3) is 0 Å². The van der Waals surface area contributed by atoms with Crippen LogP contribution < -0.4 is 10.6 Å². The van der Waals surface area contributed by atoms with Gasteiger partial charge in [-0.1, -0.05) is 65.7 Å². The number of nitrogens with one attached hydrogen (secondary N) is 3. The molecule has 34 heavy (non-hydrogen) atoms. The van der Waals surface area contributed by atoms with E-state index in [2.05, 4.69) is 15.6 Å². The summed E-state index contributed by atoms with van der Waals surface area (Å²) in [6.45, 7) is 0. The van der Waals surface area contributed by atoms with Gasteiger partial charge in [-0.3, -0.25) is 4.79 Å². The highest BCUT2D eigenvalue weighted by Crippen LogP contribution is 2.33. The van der Waals surface area contributed by atoms with Crippen molar-refractivity contribution in [3.63, 3.8) is 0 Å². The number of H-pyrrole nitrogens is 1. The number of rotatable bonds is 8. The number of fused-ring (bicyclic) bond motifs is 1. The Morgan fingerprint density at radius 1 is 0.941 bits per heavy atom. The molecule has 6 nitrogen and oxygen atoms in total. The number of hydrogen-bond acceptors (Lipinski definition) is 4. The third kappa shape index (κ3) is 5.35. The Hall–Kier alpha value is -3.48. The third-order valence-corrected chi connectivity index (χ3v) is 6.14. The van der Waals surface area contributed by atoms with Crippen molar-refractivity contribution in [1.82, 2.24) is 10.3 Å². The summed E-state index contributed by atoms with van der Waals surface area (Å²) in [6, 6.07) is 19.6. The average Bonchev–Trinajstić information content (AvgIpc) is 3.24. The molecule has 4 aromatic rings. The van der Waals surface area contributed by atoms with E-state index in [4.69, 9.17) is 27.9 Å². The molecule has 4 rings (SSSR count). The SMILES string of the molecule is COC(=O)[C@H](Cc1c[nH]c2ccccc12)NC(=O)Cc1ccccc1Nc1c(Cl)cccc1Cl. The molecule has 0 aliphatic heterocycles. The maximum absolute atomic E-state index is 13.0. The van der Waals surface area contributed by atoms with Crippen LogP contribution in [0.3, 0.4) is 0 Å². The standard InChI is InChI=1S/C26H23Cl2N3O3/c1-34-26(33)23(13-17-15-29-22-12-5-3-8-18(17)22)30-24(32)14-16-7-2-4-11-21(16)31-25-19(27)9-6-10-20(25)28/h2-12,15,23,29,31H,13-14H2,1H3,(H,30,32)/t23-/m0/s1. The number of carbonyl (C=O) groups excluding carboxylic acids is 2.